The summed E-state index contributed by atoms with van der Waals surface area (Å²) in [5, 5.41) is 7.59. The molecule has 1 aliphatic heterocycles. The van der Waals surface area contributed by atoms with E-state index in [0.717, 1.165) is 16.6 Å². The Hall–Kier alpha value is -2.39. The Kier molecular flexibility index (Phi) is 3.95. The van der Waals surface area contributed by atoms with Crippen LogP contribution in [0.2, 0.25) is 0 Å². The van der Waals surface area contributed by atoms with Crippen LogP contribution in [0.1, 0.15) is 22.2 Å². The zero-order chi connectivity index (χ0) is 16.5. The smallest absolute Gasteiger partial charge is 0.294 e. The summed E-state index contributed by atoms with van der Waals surface area (Å²) in [5.74, 6) is 0.360. The van der Waals surface area contributed by atoms with Gasteiger partial charge >= 0.3 is 0 Å². The highest BCUT2D eigenvalue weighted by molar-refractivity contribution is 9.10. The first-order valence-corrected chi connectivity index (χ1v) is 8.31. The summed E-state index contributed by atoms with van der Waals surface area (Å²) in [4.78, 5) is 27.2. The van der Waals surface area contributed by atoms with Crippen LogP contribution < -0.4 is 5.32 Å². The van der Waals surface area contributed by atoms with Gasteiger partial charge in [-0.25, -0.2) is 9.50 Å². The van der Waals surface area contributed by atoms with Gasteiger partial charge < -0.3 is 10.2 Å². The van der Waals surface area contributed by atoms with Crippen LogP contribution in [0.3, 0.4) is 0 Å². The summed E-state index contributed by atoms with van der Waals surface area (Å²) >= 11 is 3.33. The van der Waals surface area contributed by atoms with Gasteiger partial charge in [0.15, 0.2) is 0 Å². The summed E-state index contributed by atoms with van der Waals surface area (Å²) in [7, 11) is 0. The van der Waals surface area contributed by atoms with E-state index in [1.807, 2.05) is 12.1 Å². The lowest BCUT2D eigenvalue weighted by Gasteiger charge is -2.35. The maximum absolute atomic E-state index is 12.9. The average Bonchev–Trinajstić information content (AvgIpc) is 3.05. The predicted molar refractivity (Wildman–Crippen MR) is 89.4 cm³/mol. The molecular formula is C15H14BrN7O. The van der Waals surface area contributed by atoms with E-state index in [9.17, 15) is 4.79 Å². The fourth-order valence-electron chi connectivity index (χ4n) is 2.81. The lowest BCUT2D eigenvalue weighted by Crippen LogP contribution is -2.49. The molecule has 3 aromatic heterocycles. The molecule has 1 atom stereocenters. The molecule has 1 N–H and O–H groups in total. The second kappa shape index (κ2) is 6.25. The van der Waals surface area contributed by atoms with Crippen molar-refractivity contribution in [3.05, 3.63) is 52.8 Å². The molecule has 1 unspecified atom stereocenters. The number of carbonyl (C=O) groups excluding carboxylic acids is 1. The molecule has 4 heterocycles. The number of hydrogen-bond acceptors (Lipinski definition) is 6. The van der Waals surface area contributed by atoms with Crippen LogP contribution in [0, 0.1) is 0 Å². The number of halogens is 1. The number of hydrogen-bond donors (Lipinski definition) is 1. The van der Waals surface area contributed by atoms with Crippen molar-refractivity contribution in [2.75, 3.05) is 19.6 Å². The lowest BCUT2D eigenvalue weighted by atomic mass is 10.0. The first-order valence-electron chi connectivity index (χ1n) is 7.52. The maximum atomic E-state index is 12.9. The molecule has 0 spiro atoms. The Bertz CT molecular complexity index is 882. The second-order valence-corrected chi connectivity index (χ2v) is 6.37. The molecular weight excluding hydrogens is 374 g/mol. The van der Waals surface area contributed by atoms with Crippen LogP contribution in [0.15, 0.2) is 41.4 Å². The van der Waals surface area contributed by atoms with Crippen LogP contribution in [0.5, 0.6) is 0 Å². The zero-order valence-electron chi connectivity index (χ0n) is 12.6. The number of aromatic nitrogens is 5. The predicted octanol–water partition coefficient (Wildman–Crippen LogP) is 1.07. The highest BCUT2D eigenvalue weighted by Crippen LogP contribution is 2.23. The van der Waals surface area contributed by atoms with Gasteiger partial charge in [-0.15, -0.1) is 5.10 Å². The number of amides is 1. The van der Waals surface area contributed by atoms with Gasteiger partial charge in [-0.2, -0.15) is 4.98 Å². The molecule has 0 saturated carbocycles. The van der Waals surface area contributed by atoms with Gasteiger partial charge in [-0.3, -0.25) is 9.78 Å². The van der Waals surface area contributed by atoms with Crippen molar-refractivity contribution in [2.24, 2.45) is 0 Å². The minimum absolute atomic E-state index is 0.0689. The number of pyridine rings is 1. The molecule has 1 aliphatic rings. The van der Waals surface area contributed by atoms with Crippen LogP contribution in [0.25, 0.3) is 5.78 Å². The first kappa shape index (κ1) is 15.2. The third-order valence-electron chi connectivity index (χ3n) is 3.95. The number of piperazine rings is 1. The van der Waals surface area contributed by atoms with Gasteiger partial charge in [0.25, 0.3) is 11.7 Å². The number of carbonyl (C=O) groups is 1. The van der Waals surface area contributed by atoms with Crippen molar-refractivity contribution in [2.45, 2.75) is 6.04 Å². The minimum Gasteiger partial charge on any atom is -0.326 e. The number of nitrogens with zero attached hydrogens (tertiary/aromatic N) is 6. The van der Waals surface area contributed by atoms with Crippen LogP contribution in [-0.2, 0) is 0 Å². The van der Waals surface area contributed by atoms with Gasteiger partial charge in [0.05, 0.1) is 10.5 Å². The monoisotopic (exact) mass is 387 g/mol. The summed E-state index contributed by atoms with van der Waals surface area (Å²) < 4.78 is 2.27. The Morgan fingerprint density at radius 3 is 3.00 bits per heavy atom. The Balaban J connectivity index is 1.67. The molecule has 0 aliphatic carbocycles. The van der Waals surface area contributed by atoms with Crippen LogP contribution in [-0.4, -0.2) is 55.0 Å². The molecule has 9 heteroatoms. The highest BCUT2D eigenvalue weighted by Gasteiger charge is 2.30. The van der Waals surface area contributed by atoms with E-state index < -0.39 is 0 Å². The summed E-state index contributed by atoms with van der Waals surface area (Å²) in [6, 6.07) is 3.78. The van der Waals surface area contributed by atoms with Crippen molar-refractivity contribution in [1.82, 2.24) is 34.8 Å². The molecule has 0 aromatic carbocycles. The zero-order valence-corrected chi connectivity index (χ0v) is 14.2. The van der Waals surface area contributed by atoms with Crippen molar-refractivity contribution < 1.29 is 4.79 Å². The third-order valence-corrected chi connectivity index (χ3v) is 4.36. The van der Waals surface area contributed by atoms with E-state index in [0.29, 0.717) is 18.9 Å². The first-order chi connectivity index (χ1) is 11.7. The van der Waals surface area contributed by atoms with E-state index in [2.05, 4.69) is 41.3 Å². The molecule has 0 bridgehead atoms. The fourth-order valence-corrected chi connectivity index (χ4v) is 3.11. The second-order valence-electron chi connectivity index (χ2n) is 5.45. The Labute approximate surface area is 146 Å². The van der Waals surface area contributed by atoms with Crippen molar-refractivity contribution >= 4 is 27.6 Å². The topological polar surface area (TPSA) is 88.3 Å². The molecule has 1 fully saturated rings. The molecule has 1 saturated heterocycles. The molecule has 1 amide bonds. The summed E-state index contributed by atoms with van der Waals surface area (Å²) in [6.45, 7) is 2.02. The van der Waals surface area contributed by atoms with Crippen molar-refractivity contribution in [3.63, 3.8) is 0 Å². The SMILES string of the molecule is O=C(c1nc2ncc(Br)cn2n1)N1CCNCC1c1ccncc1. The minimum atomic E-state index is -0.195. The summed E-state index contributed by atoms with van der Waals surface area (Å²) in [6.07, 6.45) is 6.82. The fraction of sp³-hybridized carbons (Fsp3) is 0.267. The average molecular weight is 388 g/mol. The van der Waals surface area contributed by atoms with Gasteiger partial charge in [0.1, 0.15) is 0 Å². The van der Waals surface area contributed by atoms with E-state index in [4.69, 9.17) is 0 Å². The quantitative estimate of drug-likeness (QED) is 0.707. The molecule has 4 rings (SSSR count). The molecule has 24 heavy (non-hydrogen) atoms. The van der Waals surface area contributed by atoms with Gasteiger partial charge in [0.2, 0.25) is 5.82 Å². The van der Waals surface area contributed by atoms with Crippen LogP contribution >= 0.6 is 15.9 Å². The Morgan fingerprint density at radius 1 is 1.33 bits per heavy atom. The normalized spacial score (nSPS) is 18.0. The highest BCUT2D eigenvalue weighted by atomic mass is 79.9. The number of nitrogens with one attached hydrogen (secondary N) is 1. The van der Waals surface area contributed by atoms with Gasteiger partial charge in [0, 0.05) is 44.4 Å². The standard InChI is InChI=1S/C15H14BrN7O/c16-11-7-19-15-20-13(21-23(15)9-11)14(24)22-6-5-18-8-12(22)10-1-3-17-4-2-10/h1-4,7,9,12,18H,5-6,8H2. The number of rotatable bonds is 2. The van der Waals surface area contributed by atoms with Crippen LogP contribution in [0.4, 0.5) is 0 Å². The van der Waals surface area contributed by atoms with E-state index in [-0.39, 0.29) is 17.8 Å². The maximum Gasteiger partial charge on any atom is 0.294 e. The van der Waals surface area contributed by atoms with E-state index >= 15 is 0 Å². The molecule has 0 radical (unpaired) electrons. The van der Waals surface area contributed by atoms with Gasteiger partial charge in [-0.1, -0.05) is 0 Å². The molecule has 3 aromatic rings. The lowest BCUT2D eigenvalue weighted by molar-refractivity contribution is 0.0622. The van der Waals surface area contributed by atoms with Crippen molar-refractivity contribution in [3.8, 4) is 0 Å². The van der Waals surface area contributed by atoms with E-state index in [1.54, 1.807) is 29.7 Å². The van der Waals surface area contributed by atoms with Crippen molar-refractivity contribution in [1.29, 1.82) is 0 Å². The summed E-state index contributed by atoms with van der Waals surface area (Å²) in [5.41, 5.74) is 1.04. The largest absolute Gasteiger partial charge is 0.326 e. The third kappa shape index (κ3) is 2.76. The Morgan fingerprint density at radius 2 is 2.17 bits per heavy atom. The number of fused-ring (bicyclic) bond motifs is 1. The van der Waals surface area contributed by atoms with Gasteiger partial charge in [-0.05, 0) is 33.6 Å². The molecule has 122 valence electrons. The van der Waals surface area contributed by atoms with E-state index in [1.165, 1.54) is 4.52 Å². The molecule has 8 nitrogen and oxygen atoms in total.